The summed E-state index contributed by atoms with van der Waals surface area (Å²) in [5.41, 5.74) is 1.71. The zero-order valence-corrected chi connectivity index (χ0v) is 24.3. The van der Waals surface area contributed by atoms with Crippen LogP contribution >= 0.6 is 12.4 Å². The van der Waals surface area contributed by atoms with Crippen molar-refractivity contribution in [3.8, 4) is 11.5 Å². The Morgan fingerprint density at radius 2 is 1.59 bits per heavy atom. The van der Waals surface area contributed by atoms with Crippen LogP contribution < -0.4 is 14.8 Å². The third-order valence-electron chi connectivity index (χ3n) is 7.24. The fraction of sp³-hybridized carbons (Fsp3) is 0.483. The van der Waals surface area contributed by atoms with Gasteiger partial charge in [-0.1, -0.05) is 37.5 Å². The van der Waals surface area contributed by atoms with Gasteiger partial charge in [-0.3, -0.25) is 9.62 Å². The number of sulfonamides is 1. The predicted molar refractivity (Wildman–Crippen MR) is 159 cm³/mol. The summed E-state index contributed by atoms with van der Waals surface area (Å²) in [5, 5.41) is 3.29. The Kier molecular flexibility index (Phi) is 11.5. The number of anilines is 1. The van der Waals surface area contributed by atoms with E-state index in [0.717, 1.165) is 57.3 Å². The van der Waals surface area contributed by atoms with Crippen molar-refractivity contribution in [3.63, 3.8) is 0 Å². The number of halogens is 1. The lowest BCUT2D eigenvalue weighted by Crippen LogP contribution is -2.52. The number of hydrogen-bond acceptors (Lipinski definition) is 5. The van der Waals surface area contributed by atoms with Crippen LogP contribution in [0, 0.1) is 0 Å². The number of hydrogen-bond donors (Lipinski definition) is 2. The standard InChI is InChI=1S/C29H40N4O4S.ClH/c1-3-19-33(26-7-5-4-6-8-26)29(34)30-24-17-20-32(21-18-24)22-23-9-13-27(14-10-23)37-28-15-11-25(12-16-28)31-38(2,35)36;/h3,9-16,24,26,31H,1,4-8,17-22H2,2H3,(H,30,34);1H. The summed E-state index contributed by atoms with van der Waals surface area (Å²) >= 11 is 0. The van der Waals surface area contributed by atoms with Crippen molar-refractivity contribution < 1.29 is 17.9 Å². The van der Waals surface area contributed by atoms with Gasteiger partial charge in [-0.15, -0.1) is 19.0 Å². The van der Waals surface area contributed by atoms with Gasteiger partial charge in [-0.2, -0.15) is 0 Å². The van der Waals surface area contributed by atoms with E-state index in [1.807, 2.05) is 23.1 Å². The molecule has 2 N–H and O–H groups in total. The number of carbonyl (C=O) groups excluding carboxylic acids is 1. The van der Waals surface area contributed by atoms with E-state index in [4.69, 9.17) is 4.74 Å². The third kappa shape index (κ3) is 9.74. The second-order valence-electron chi connectivity index (χ2n) is 10.4. The van der Waals surface area contributed by atoms with Crippen molar-refractivity contribution in [2.45, 2.75) is 63.6 Å². The molecule has 0 unspecified atom stereocenters. The highest BCUT2D eigenvalue weighted by Gasteiger charge is 2.27. The van der Waals surface area contributed by atoms with Crippen LogP contribution in [0.25, 0.3) is 0 Å². The monoisotopic (exact) mass is 576 g/mol. The van der Waals surface area contributed by atoms with Crippen molar-refractivity contribution >= 4 is 34.1 Å². The molecule has 1 aliphatic carbocycles. The molecule has 8 nitrogen and oxygen atoms in total. The second-order valence-corrected chi connectivity index (χ2v) is 12.1. The molecule has 2 aliphatic rings. The maximum Gasteiger partial charge on any atom is 0.318 e. The van der Waals surface area contributed by atoms with Crippen LogP contribution in [-0.2, 0) is 16.6 Å². The van der Waals surface area contributed by atoms with E-state index in [-0.39, 0.29) is 24.5 Å². The zero-order valence-electron chi connectivity index (χ0n) is 22.7. The van der Waals surface area contributed by atoms with E-state index >= 15 is 0 Å². The molecule has 0 radical (unpaired) electrons. The summed E-state index contributed by atoms with van der Waals surface area (Å²) in [6.07, 6.45) is 10.7. The molecule has 4 rings (SSSR count). The molecule has 1 aliphatic heterocycles. The number of nitrogens with zero attached hydrogens (tertiary/aromatic N) is 2. The Labute approximate surface area is 239 Å². The highest BCUT2D eigenvalue weighted by Crippen LogP contribution is 2.25. The molecule has 2 amide bonds. The number of likely N-dealkylation sites (tertiary alicyclic amines) is 1. The zero-order chi connectivity index (χ0) is 27.0. The topological polar surface area (TPSA) is 91.0 Å². The van der Waals surface area contributed by atoms with Gasteiger partial charge in [-0.05, 0) is 67.6 Å². The van der Waals surface area contributed by atoms with Crippen molar-refractivity contribution in [1.29, 1.82) is 0 Å². The largest absolute Gasteiger partial charge is 0.457 e. The van der Waals surface area contributed by atoms with Gasteiger partial charge in [0.25, 0.3) is 0 Å². The normalized spacial score (nSPS) is 17.1. The molecular formula is C29H41ClN4O4S. The van der Waals surface area contributed by atoms with E-state index in [1.54, 1.807) is 24.3 Å². The number of urea groups is 1. The van der Waals surface area contributed by atoms with Gasteiger partial charge in [0.1, 0.15) is 11.5 Å². The van der Waals surface area contributed by atoms with Gasteiger partial charge in [0.15, 0.2) is 0 Å². The van der Waals surface area contributed by atoms with Crippen LogP contribution in [0.4, 0.5) is 10.5 Å². The van der Waals surface area contributed by atoms with Crippen LogP contribution in [0.3, 0.4) is 0 Å². The number of carbonyl (C=O) groups is 1. The van der Waals surface area contributed by atoms with E-state index in [0.29, 0.717) is 24.0 Å². The first-order chi connectivity index (χ1) is 18.3. The lowest BCUT2D eigenvalue weighted by molar-refractivity contribution is 0.148. The minimum Gasteiger partial charge on any atom is -0.457 e. The van der Waals surface area contributed by atoms with E-state index in [2.05, 4.69) is 33.7 Å². The predicted octanol–water partition coefficient (Wildman–Crippen LogP) is 5.77. The van der Waals surface area contributed by atoms with Gasteiger partial charge in [0.2, 0.25) is 10.0 Å². The average Bonchev–Trinajstić information content (AvgIpc) is 2.90. The average molecular weight is 577 g/mol. The molecule has 2 fully saturated rings. The number of amides is 2. The molecule has 0 spiro atoms. The Morgan fingerprint density at radius 3 is 2.15 bits per heavy atom. The van der Waals surface area contributed by atoms with Crippen LogP contribution in [0.2, 0.25) is 0 Å². The molecule has 10 heteroatoms. The number of benzene rings is 2. The first kappa shape index (κ1) is 30.8. The fourth-order valence-corrected chi connectivity index (χ4v) is 5.85. The van der Waals surface area contributed by atoms with Crippen molar-refractivity contribution in [3.05, 3.63) is 66.7 Å². The Balaban J connectivity index is 0.00000420. The number of rotatable bonds is 10. The van der Waals surface area contributed by atoms with Gasteiger partial charge in [-0.25, -0.2) is 13.2 Å². The second kappa shape index (κ2) is 14.6. The molecular weight excluding hydrogens is 536 g/mol. The molecule has 0 bridgehead atoms. The van der Waals surface area contributed by atoms with Crippen LogP contribution in [0.5, 0.6) is 11.5 Å². The summed E-state index contributed by atoms with van der Waals surface area (Å²) in [6, 6.07) is 15.5. The van der Waals surface area contributed by atoms with Crippen LogP contribution in [0.15, 0.2) is 61.2 Å². The lowest BCUT2D eigenvalue weighted by atomic mass is 9.94. The van der Waals surface area contributed by atoms with E-state index in [1.165, 1.54) is 24.8 Å². The fourth-order valence-electron chi connectivity index (χ4n) is 5.28. The first-order valence-corrected chi connectivity index (χ1v) is 15.4. The van der Waals surface area contributed by atoms with Gasteiger partial charge < -0.3 is 15.0 Å². The summed E-state index contributed by atoms with van der Waals surface area (Å²) in [5.74, 6) is 1.36. The van der Waals surface area contributed by atoms with Gasteiger partial charge in [0, 0.05) is 44.0 Å². The SMILES string of the molecule is C=CCN(C(=O)NC1CCN(Cc2ccc(Oc3ccc(NS(C)(=O)=O)cc3)cc2)CC1)C1CCCCC1.Cl. The summed E-state index contributed by atoms with van der Waals surface area (Å²) in [7, 11) is -3.30. The third-order valence-corrected chi connectivity index (χ3v) is 7.85. The van der Waals surface area contributed by atoms with Crippen molar-refractivity contribution in [2.75, 3.05) is 30.6 Å². The maximum atomic E-state index is 13.0. The summed E-state index contributed by atoms with van der Waals surface area (Å²) in [4.78, 5) is 17.4. The molecule has 2 aromatic carbocycles. The van der Waals surface area contributed by atoms with Crippen LogP contribution in [-0.4, -0.2) is 62.2 Å². The van der Waals surface area contributed by atoms with Gasteiger partial charge >= 0.3 is 6.03 Å². The molecule has 0 aromatic heterocycles. The maximum absolute atomic E-state index is 13.0. The lowest BCUT2D eigenvalue weighted by Gasteiger charge is -2.37. The first-order valence-electron chi connectivity index (χ1n) is 13.5. The summed E-state index contributed by atoms with van der Waals surface area (Å²) < 4.78 is 31.0. The molecule has 0 atom stereocenters. The molecule has 1 saturated carbocycles. The highest BCUT2D eigenvalue weighted by molar-refractivity contribution is 7.92. The molecule has 2 aromatic rings. The minimum atomic E-state index is -3.30. The Bertz CT molecular complexity index is 1160. The van der Waals surface area contributed by atoms with E-state index in [9.17, 15) is 13.2 Å². The smallest absolute Gasteiger partial charge is 0.318 e. The van der Waals surface area contributed by atoms with Gasteiger partial charge in [0.05, 0.1) is 6.26 Å². The quantitative estimate of drug-likeness (QED) is 0.351. The summed E-state index contributed by atoms with van der Waals surface area (Å²) in [6.45, 7) is 7.22. The van der Waals surface area contributed by atoms with Crippen molar-refractivity contribution in [1.82, 2.24) is 15.1 Å². The van der Waals surface area contributed by atoms with Crippen molar-refractivity contribution in [2.24, 2.45) is 0 Å². The minimum absolute atomic E-state index is 0. The van der Waals surface area contributed by atoms with E-state index < -0.39 is 10.0 Å². The molecule has 1 heterocycles. The van der Waals surface area contributed by atoms with Crippen LogP contribution in [0.1, 0.15) is 50.5 Å². The molecule has 39 heavy (non-hydrogen) atoms. The molecule has 214 valence electrons. The number of ether oxygens (including phenoxy) is 1. The Hall–Kier alpha value is -2.75. The molecule has 1 saturated heterocycles. The Morgan fingerprint density at radius 1 is 1.00 bits per heavy atom. The number of piperidine rings is 1. The number of nitrogens with one attached hydrogen (secondary N) is 2. The highest BCUT2D eigenvalue weighted by atomic mass is 35.5.